The molecule has 1 aliphatic rings. The Morgan fingerprint density at radius 2 is 2.13 bits per heavy atom. The molecule has 23 heavy (non-hydrogen) atoms. The summed E-state index contributed by atoms with van der Waals surface area (Å²) in [7, 11) is 0. The Balaban J connectivity index is 2.36. The number of benzene rings is 1. The molecule has 0 saturated carbocycles. The number of aromatic carboxylic acids is 1. The molecule has 0 atom stereocenters. The third-order valence-electron chi connectivity index (χ3n) is 3.53. The van der Waals surface area contributed by atoms with E-state index in [9.17, 15) is 20.0 Å². The number of rotatable bonds is 2. The molecule has 0 aliphatic carbocycles. The third-order valence-corrected chi connectivity index (χ3v) is 3.53. The van der Waals surface area contributed by atoms with Gasteiger partial charge in [-0.05, 0) is 25.1 Å². The van der Waals surface area contributed by atoms with E-state index in [1.807, 2.05) is 6.07 Å². The summed E-state index contributed by atoms with van der Waals surface area (Å²) >= 11 is 0. The molecular weight excluding hydrogens is 300 g/mol. The van der Waals surface area contributed by atoms with Gasteiger partial charge in [0.05, 0.1) is 12.2 Å². The molecule has 116 valence electrons. The number of nitrogens with zero attached hydrogens (tertiary/aromatic N) is 1. The first kappa shape index (κ1) is 14.8. The summed E-state index contributed by atoms with van der Waals surface area (Å²) < 4.78 is 10.7. The van der Waals surface area contributed by atoms with Crippen LogP contribution in [0.2, 0.25) is 0 Å². The maximum atomic E-state index is 12.0. The number of nitrogens with one attached hydrogen (secondary N) is 1. The van der Waals surface area contributed by atoms with E-state index in [0.29, 0.717) is 28.1 Å². The molecule has 2 heterocycles. The topological polar surface area (TPSA) is 112 Å². The maximum Gasteiger partial charge on any atom is 0.335 e. The van der Waals surface area contributed by atoms with Crippen molar-refractivity contribution in [2.75, 3.05) is 6.79 Å². The van der Waals surface area contributed by atoms with Crippen LogP contribution in [-0.4, -0.2) is 22.9 Å². The van der Waals surface area contributed by atoms with E-state index in [1.54, 1.807) is 13.0 Å². The standard InChI is InChI=1S/C16H12N2O5/c1-8-2-11(13(5-17)15(19)18-8)12-4-9(16(20)21)3-10-6-22-7-23-14(10)12/h2-4H,6-7H2,1H3,(H,18,19)(H,20,21). The van der Waals surface area contributed by atoms with Crippen LogP contribution in [0, 0.1) is 18.3 Å². The highest BCUT2D eigenvalue weighted by atomic mass is 16.7. The molecule has 7 nitrogen and oxygen atoms in total. The van der Waals surface area contributed by atoms with E-state index in [-0.39, 0.29) is 24.5 Å². The lowest BCUT2D eigenvalue weighted by molar-refractivity contribution is -0.0159. The van der Waals surface area contributed by atoms with Crippen molar-refractivity contribution >= 4 is 5.97 Å². The Bertz CT molecular complexity index is 908. The van der Waals surface area contributed by atoms with Gasteiger partial charge in [0.2, 0.25) is 0 Å². The molecule has 0 unspecified atom stereocenters. The first-order valence-corrected chi connectivity index (χ1v) is 6.76. The second-order valence-electron chi connectivity index (χ2n) is 5.11. The minimum Gasteiger partial charge on any atom is -0.478 e. The normalized spacial score (nSPS) is 12.9. The number of hydrogen-bond acceptors (Lipinski definition) is 5. The largest absolute Gasteiger partial charge is 0.478 e. The quantitative estimate of drug-likeness (QED) is 0.874. The second-order valence-corrected chi connectivity index (χ2v) is 5.11. The Morgan fingerprint density at radius 1 is 1.35 bits per heavy atom. The van der Waals surface area contributed by atoms with Crippen LogP contribution in [0.25, 0.3) is 11.1 Å². The number of carbonyl (C=O) groups is 1. The Hall–Kier alpha value is -3.11. The lowest BCUT2D eigenvalue weighted by Crippen LogP contribution is -2.16. The molecule has 3 rings (SSSR count). The number of fused-ring (bicyclic) bond motifs is 1. The van der Waals surface area contributed by atoms with Gasteiger partial charge < -0.3 is 19.6 Å². The average Bonchev–Trinajstić information content (AvgIpc) is 2.53. The summed E-state index contributed by atoms with van der Waals surface area (Å²) in [5.41, 5.74) is 1.29. The van der Waals surface area contributed by atoms with Crippen molar-refractivity contribution in [3.05, 3.63) is 50.9 Å². The summed E-state index contributed by atoms with van der Waals surface area (Å²) in [6.45, 7) is 1.91. The molecule has 2 aromatic rings. The van der Waals surface area contributed by atoms with Gasteiger partial charge >= 0.3 is 5.97 Å². The summed E-state index contributed by atoms with van der Waals surface area (Å²) in [4.78, 5) is 25.9. The van der Waals surface area contributed by atoms with E-state index in [1.165, 1.54) is 12.1 Å². The second kappa shape index (κ2) is 5.59. The van der Waals surface area contributed by atoms with Crippen molar-refractivity contribution in [3.8, 4) is 22.9 Å². The van der Waals surface area contributed by atoms with Crippen LogP contribution in [0.4, 0.5) is 0 Å². The first-order chi connectivity index (χ1) is 11.0. The molecule has 7 heteroatoms. The van der Waals surface area contributed by atoms with Crippen LogP contribution in [0.15, 0.2) is 23.0 Å². The highest BCUT2D eigenvalue weighted by molar-refractivity contribution is 5.92. The van der Waals surface area contributed by atoms with Gasteiger partial charge in [-0.15, -0.1) is 0 Å². The minimum atomic E-state index is -1.11. The van der Waals surface area contributed by atoms with Crippen LogP contribution in [0.3, 0.4) is 0 Å². The first-order valence-electron chi connectivity index (χ1n) is 6.76. The zero-order valence-corrected chi connectivity index (χ0v) is 12.2. The van der Waals surface area contributed by atoms with Gasteiger partial charge in [-0.2, -0.15) is 5.26 Å². The number of aromatic amines is 1. The number of pyridine rings is 1. The fourth-order valence-corrected chi connectivity index (χ4v) is 2.55. The predicted molar refractivity (Wildman–Crippen MR) is 79.2 cm³/mol. The fraction of sp³-hybridized carbons (Fsp3) is 0.188. The average molecular weight is 312 g/mol. The molecule has 0 saturated heterocycles. The monoisotopic (exact) mass is 312 g/mol. The van der Waals surface area contributed by atoms with Crippen molar-refractivity contribution < 1.29 is 19.4 Å². The molecule has 0 fully saturated rings. The van der Waals surface area contributed by atoms with E-state index in [2.05, 4.69) is 4.98 Å². The molecule has 1 aromatic carbocycles. The smallest absolute Gasteiger partial charge is 0.335 e. The number of carboxylic acid groups (broad SMARTS) is 1. The zero-order valence-electron chi connectivity index (χ0n) is 12.2. The SMILES string of the molecule is Cc1cc(-c2cc(C(=O)O)cc3c2OCOC3)c(C#N)c(=O)[nH]1. The van der Waals surface area contributed by atoms with Gasteiger partial charge in [-0.3, -0.25) is 4.79 Å². The highest BCUT2D eigenvalue weighted by Gasteiger charge is 2.22. The minimum absolute atomic E-state index is 0.0243. The molecule has 1 aliphatic heterocycles. The predicted octanol–water partition coefficient (Wildman–Crippen LogP) is 1.79. The van der Waals surface area contributed by atoms with Crippen LogP contribution >= 0.6 is 0 Å². The Kier molecular flexibility index (Phi) is 3.60. The van der Waals surface area contributed by atoms with Crippen molar-refractivity contribution in [1.82, 2.24) is 4.98 Å². The van der Waals surface area contributed by atoms with Gasteiger partial charge in [0.1, 0.15) is 17.4 Å². The van der Waals surface area contributed by atoms with Crippen LogP contribution in [-0.2, 0) is 11.3 Å². The highest BCUT2D eigenvalue weighted by Crippen LogP contribution is 2.38. The summed E-state index contributed by atoms with van der Waals surface area (Å²) in [5.74, 6) is -0.678. The van der Waals surface area contributed by atoms with Crippen molar-refractivity contribution in [1.29, 1.82) is 5.26 Å². The number of H-pyrrole nitrogens is 1. The van der Waals surface area contributed by atoms with Gasteiger partial charge in [0.15, 0.2) is 6.79 Å². The number of ether oxygens (including phenoxy) is 2. The van der Waals surface area contributed by atoms with Gasteiger partial charge in [0.25, 0.3) is 5.56 Å². The lowest BCUT2D eigenvalue weighted by Gasteiger charge is -2.22. The molecule has 0 spiro atoms. The van der Waals surface area contributed by atoms with E-state index in [0.717, 1.165) is 0 Å². The summed E-state index contributed by atoms with van der Waals surface area (Å²) in [6.07, 6.45) is 0. The van der Waals surface area contributed by atoms with Crippen molar-refractivity contribution in [3.63, 3.8) is 0 Å². The van der Waals surface area contributed by atoms with Crippen molar-refractivity contribution in [2.24, 2.45) is 0 Å². The molecule has 0 radical (unpaired) electrons. The molecular formula is C16H12N2O5. The number of hydrogen-bond donors (Lipinski definition) is 2. The van der Waals surface area contributed by atoms with E-state index in [4.69, 9.17) is 9.47 Å². The van der Waals surface area contributed by atoms with E-state index >= 15 is 0 Å². The van der Waals surface area contributed by atoms with Crippen LogP contribution in [0.1, 0.15) is 27.2 Å². The molecule has 2 N–H and O–H groups in total. The Morgan fingerprint density at radius 3 is 2.83 bits per heavy atom. The number of carboxylic acids is 1. The number of aryl methyl sites for hydroxylation is 1. The maximum absolute atomic E-state index is 12.0. The fourth-order valence-electron chi connectivity index (χ4n) is 2.55. The molecule has 0 amide bonds. The molecule has 1 aromatic heterocycles. The number of nitriles is 1. The lowest BCUT2D eigenvalue weighted by atomic mass is 9.95. The van der Waals surface area contributed by atoms with Crippen LogP contribution < -0.4 is 10.3 Å². The van der Waals surface area contributed by atoms with Gasteiger partial charge in [-0.25, -0.2) is 4.79 Å². The van der Waals surface area contributed by atoms with Crippen molar-refractivity contribution in [2.45, 2.75) is 13.5 Å². The summed E-state index contributed by atoms with van der Waals surface area (Å²) in [6, 6.07) is 6.36. The van der Waals surface area contributed by atoms with Gasteiger partial charge in [0, 0.05) is 22.4 Å². The van der Waals surface area contributed by atoms with Gasteiger partial charge in [-0.1, -0.05) is 0 Å². The zero-order chi connectivity index (χ0) is 16.6. The summed E-state index contributed by atoms with van der Waals surface area (Å²) in [5, 5.41) is 18.6. The van der Waals surface area contributed by atoms with E-state index < -0.39 is 11.5 Å². The third kappa shape index (κ3) is 2.56. The molecule has 0 bridgehead atoms. The number of aromatic nitrogens is 1. The van der Waals surface area contributed by atoms with Crippen LogP contribution in [0.5, 0.6) is 5.75 Å². The Labute approximate surface area is 130 Å².